The van der Waals surface area contributed by atoms with Gasteiger partial charge in [-0.1, -0.05) is 0 Å². The summed E-state index contributed by atoms with van der Waals surface area (Å²) < 4.78 is 29.4. The van der Waals surface area contributed by atoms with E-state index in [0.29, 0.717) is 0 Å². The summed E-state index contributed by atoms with van der Waals surface area (Å²) in [7, 11) is 1.69. The van der Waals surface area contributed by atoms with E-state index in [-0.39, 0.29) is 37.0 Å². The minimum Gasteiger partial charge on any atom is -0.382 e. The third-order valence-corrected chi connectivity index (χ3v) is 6.89. The summed E-state index contributed by atoms with van der Waals surface area (Å²) in [6.07, 6.45) is 6.01. The average molecular weight is 512 g/mol. The summed E-state index contributed by atoms with van der Waals surface area (Å²) in [5.41, 5.74) is 0. The molecule has 0 bridgehead atoms. The lowest BCUT2D eigenvalue weighted by Gasteiger charge is -2.26. The number of rotatable bonds is 23. The van der Waals surface area contributed by atoms with E-state index in [1.165, 1.54) is 12.3 Å². The molecule has 8 heteroatoms. The Balaban J connectivity index is 4.45. The first-order valence-electron chi connectivity index (χ1n) is 13.0. The van der Waals surface area contributed by atoms with Crippen LogP contribution in [0, 0.1) is 0 Å². The van der Waals surface area contributed by atoms with Crippen LogP contribution in [0.3, 0.4) is 0 Å². The van der Waals surface area contributed by atoms with Crippen molar-refractivity contribution in [2.45, 2.75) is 106 Å². The quantitative estimate of drug-likeness (QED) is 0.104. The highest BCUT2D eigenvalue weighted by molar-refractivity contribution is 7.38. The van der Waals surface area contributed by atoms with Gasteiger partial charge in [0.05, 0.1) is 24.4 Å². The van der Waals surface area contributed by atoms with Gasteiger partial charge in [-0.05, 0) is 81.1 Å². The Hall–Kier alpha value is 0.620. The summed E-state index contributed by atoms with van der Waals surface area (Å²) in [6.45, 7) is 23.6. The first kappa shape index (κ1) is 33.6. The average Bonchev–Trinajstić information content (AvgIpc) is 2.68. The molecule has 0 amide bonds. The number of hydrogen-bond acceptors (Lipinski definition) is 6. The second-order valence-corrected chi connectivity index (χ2v) is 12.2. The summed E-state index contributed by atoms with van der Waals surface area (Å²) in [4.78, 5) is 2.60. The molecule has 0 rings (SSSR count). The van der Waals surface area contributed by atoms with E-state index < -0.39 is 0 Å². The Morgan fingerprint density at radius 3 is 1.33 bits per heavy atom. The Morgan fingerprint density at radius 2 is 1.00 bits per heavy atom. The molecular weight excluding hydrogens is 456 g/mol. The van der Waals surface area contributed by atoms with Crippen molar-refractivity contribution in [1.82, 2.24) is 4.90 Å². The molecule has 2 unspecified atom stereocenters. The van der Waals surface area contributed by atoms with Crippen molar-refractivity contribution in [1.29, 1.82) is 0 Å². The fraction of sp³-hybridized carbons (Fsp3) is 1.00. The molecule has 0 radical (unpaired) electrons. The van der Waals surface area contributed by atoms with E-state index in [9.17, 15) is 0 Å². The standard InChI is InChI=1S/C25H55NO5P2/c1-10-27-15-11-12-26(13-16-32-18-24(28-20(2)3)29-21(4)5)14-17-33-19-25(30-22(6)7)31-23(8)9/h20-25,32-33H,10-19H2,1-9H3. The van der Waals surface area contributed by atoms with Crippen molar-refractivity contribution in [3.63, 3.8) is 0 Å². The molecule has 0 aromatic heterocycles. The van der Waals surface area contributed by atoms with E-state index in [1.54, 1.807) is 0 Å². The van der Waals surface area contributed by atoms with Crippen LogP contribution in [0.25, 0.3) is 0 Å². The molecule has 0 heterocycles. The van der Waals surface area contributed by atoms with Crippen LogP contribution in [-0.2, 0) is 23.7 Å². The van der Waals surface area contributed by atoms with Crippen molar-refractivity contribution in [2.24, 2.45) is 0 Å². The highest BCUT2D eigenvalue weighted by atomic mass is 31.1. The SMILES string of the molecule is CCOCCCN(CCPCC(OC(C)C)OC(C)C)CCPCC(OC(C)C)OC(C)C. The van der Waals surface area contributed by atoms with Crippen molar-refractivity contribution in [2.75, 3.05) is 57.5 Å². The van der Waals surface area contributed by atoms with E-state index in [0.717, 1.165) is 68.8 Å². The molecule has 0 aromatic rings. The molecule has 0 saturated heterocycles. The predicted octanol–water partition coefficient (Wildman–Crippen LogP) is 5.42. The zero-order valence-corrected chi connectivity index (χ0v) is 25.0. The van der Waals surface area contributed by atoms with Crippen LogP contribution < -0.4 is 0 Å². The molecule has 0 fully saturated rings. The largest absolute Gasteiger partial charge is 0.382 e. The minimum absolute atomic E-state index is 0.0879. The molecule has 0 saturated carbocycles. The molecule has 0 aliphatic heterocycles. The first-order chi connectivity index (χ1) is 15.6. The second-order valence-electron chi connectivity index (χ2n) is 9.40. The minimum atomic E-state index is -0.0879. The summed E-state index contributed by atoms with van der Waals surface area (Å²) in [5, 5.41) is 0. The van der Waals surface area contributed by atoms with Crippen molar-refractivity contribution in [3.8, 4) is 0 Å². The number of ether oxygens (including phenoxy) is 5. The van der Waals surface area contributed by atoms with Crippen LogP contribution in [-0.4, -0.2) is 99.4 Å². The van der Waals surface area contributed by atoms with E-state index >= 15 is 0 Å². The van der Waals surface area contributed by atoms with Crippen LogP contribution >= 0.6 is 17.2 Å². The third-order valence-electron chi connectivity index (χ3n) is 4.49. The molecule has 0 aliphatic carbocycles. The number of hydrogen-bond donors (Lipinski definition) is 0. The van der Waals surface area contributed by atoms with Gasteiger partial charge in [0, 0.05) is 45.2 Å². The Bertz CT molecular complexity index is 376. The molecule has 0 aliphatic rings. The van der Waals surface area contributed by atoms with Gasteiger partial charge in [-0.25, -0.2) is 0 Å². The Morgan fingerprint density at radius 1 is 0.606 bits per heavy atom. The smallest absolute Gasteiger partial charge is 0.161 e. The molecular formula is C25H55NO5P2. The van der Waals surface area contributed by atoms with Crippen molar-refractivity contribution >= 4 is 17.2 Å². The monoisotopic (exact) mass is 511 g/mol. The zero-order valence-electron chi connectivity index (χ0n) is 23.0. The van der Waals surface area contributed by atoms with Crippen LogP contribution in [0.1, 0.15) is 68.7 Å². The summed E-state index contributed by atoms with van der Waals surface area (Å²) >= 11 is 0. The lowest BCUT2D eigenvalue weighted by atomic mass is 10.4. The van der Waals surface area contributed by atoms with Crippen LogP contribution in [0.4, 0.5) is 0 Å². The van der Waals surface area contributed by atoms with Gasteiger partial charge in [-0.3, -0.25) is 0 Å². The fourth-order valence-corrected chi connectivity index (χ4v) is 5.47. The molecule has 0 spiro atoms. The molecule has 33 heavy (non-hydrogen) atoms. The van der Waals surface area contributed by atoms with Gasteiger partial charge < -0.3 is 28.6 Å². The molecule has 2 atom stereocenters. The highest BCUT2D eigenvalue weighted by Crippen LogP contribution is 2.19. The van der Waals surface area contributed by atoms with E-state index in [4.69, 9.17) is 23.7 Å². The predicted molar refractivity (Wildman–Crippen MR) is 146 cm³/mol. The van der Waals surface area contributed by atoms with Gasteiger partial charge in [0.2, 0.25) is 0 Å². The van der Waals surface area contributed by atoms with Crippen molar-refractivity contribution in [3.05, 3.63) is 0 Å². The van der Waals surface area contributed by atoms with Crippen molar-refractivity contribution < 1.29 is 23.7 Å². The maximum Gasteiger partial charge on any atom is 0.161 e. The van der Waals surface area contributed by atoms with Crippen LogP contribution in [0.15, 0.2) is 0 Å². The maximum atomic E-state index is 5.95. The maximum absolute atomic E-state index is 5.95. The summed E-state index contributed by atoms with van der Waals surface area (Å²) in [5.74, 6) is 0. The van der Waals surface area contributed by atoms with Crippen LogP contribution in [0.2, 0.25) is 0 Å². The zero-order chi connectivity index (χ0) is 25.1. The second kappa shape index (κ2) is 21.9. The molecule has 200 valence electrons. The van der Waals surface area contributed by atoms with E-state index in [2.05, 4.69) is 67.2 Å². The summed E-state index contributed by atoms with van der Waals surface area (Å²) in [6, 6.07) is 0. The third kappa shape index (κ3) is 22.8. The molecule has 0 N–H and O–H groups in total. The first-order valence-corrected chi connectivity index (χ1v) is 15.8. The lowest BCUT2D eigenvalue weighted by Crippen LogP contribution is -2.31. The van der Waals surface area contributed by atoms with Gasteiger partial charge in [0.25, 0.3) is 0 Å². The Labute approximate surface area is 209 Å². The van der Waals surface area contributed by atoms with Gasteiger partial charge >= 0.3 is 0 Å². The van der Waals surface area contributed by atoms with Gasteiger partial charge in [-0.2, -0.15) is 0 Å². The fourth-order valence-electron chi connectivity index (χ4n) is 3.25. The Kier molecular flexibility index (Phi) is 22.3. The highest BCUT2D eigenvalue weighted by Gasteiger charge is 2.15. The topological polar surface area (TPSA) is 49.4 Å². The van der Waals surface area contributed by atoms with Gasteiger partial charge in [-0.15, -0.1) is 17.2 Å². The normalized spacial score (nSPS) is 13.5. The molecule has 6 nitrogen and oxygen atoms in total. The van der Waals surface area contributed by atoms with Crippen LogP contribution in [0.5, 0.6) is 0 Å². The van der Waals surface area contributed by atoms with Gasteiger partial charge in [0.15, 0.2) is 12.6 Å². The molecule has 0 aromatic carbocycles. The number of nitrogens with zero attached hydrogens (tertiary/aromatic N) is 1. The van der Waals surface area contributed by atoms with Gasteiger partial charge in [0.1, 0.15) is 0 Å². The van der Waals surface area contributed by atoms with E-state index in [1.807, 2.05) is 0 Å². The lowest BCUT2D eigenvalue weighted by molar-refractivity contribution is -0.167.